The molecule has 2 aliphatic rings. The number of aromatic nitrogens is 3. The Bertz CT molecular complexity index is 827. The molecule has 2 fully saturated rings. The van der Waals surface area contributed by atoms with E-state index in [0.29, 0.717) is 24.7 Å². The Morgan fingerprint density at radius 2 is 2.11 bits per heavy atom. The van der Waals surface area contributed by atoms with Gasteiger partial charge in [0.2, 0.25) is 5.88 Å². The molecule has 2 saturated heterocycles. The average molecular weight is 384 g/mol. The van der Waals surface area contributed by atoms with Crippen molar-refractivity contribution in [1.82, 2.24) is 19.9 Å². The van der Waals surface area contributed by atoms with Gasteiger partial charge in [0, 0.05) is 32.3 Å². The molecule has 0 radical (unpaired) electrons. The number of pyridine rings is 1. The zero-order valence-corrected chi connectivity index (χ0v) is 15.9. The highest BCUT2D eigenvalue weighted by atomic mass is 16.5. The minimum atomic E-state index is -0.217. The summed E-state index contributed by atoms with van der Waals surface area (Å²) in [6.45, 7) is 3.14. The molecule has 0 saturated carbocycles. The molecule has 28 heavy (non-hydrogen) atoms. The average Bonchev–Trinajstić information content (AvgIpc) is 3.41. The van der Waals surface area contributed by atoms with Gasteiger partial charge in [-0.15, -0.1) is 0 Å². The number of urea groups is 1. The van der Waals surface area contributed by atoms with Crippen molar-refractivity contribution in [3.63, 3.8) is 0 Å². The van der Waals surface area contributed by atoms with Gasteiger partial charge in [-0.3, -0.25) is 0 Å². The first-order valence-corrected chi connectivity index (χ1v) is 9.51. The molecular weight excluding hydrogens is 360 g/mol. The first-order chi connectivity index (χ1) is 13.7. The summed E-state index contributed by atoms with van der Waals surface area (Å²) in [6, 6.07) is 3.62. The van der Waals surface area contributed by atoms with Crippen molar-refractivity contribution >= 4 is 17.5 Å². The molecule has 148 valence electrons. The van der Waals surface area contributed by atoms with Crippen LogP contribution in [0.25, 0.3) is 0 Å². The molecule has 1 unspecified atom stereocenters. The summed E-state index contributed by atoms with van der Waals surface area (Å²) < 4.78 is 11.4. The van der Waals surface area contributed by atoms with Gasteiger partial charge in [0.25, 0.3) is 0 Å². The Kier molecular flexibility index (Phi) is 5.41. The summed E-state index contributed by atoms with van der Waals surface area (Å²) >= 11 is 0. The zero-order valence-electron chi connectivity index (χ0n) is 15.9. The normalized spacial score (nSPS) is 19.0. The molecule has 2 amide bonds. The van der Waals surface area contributed by atoms with E-state index >= 15 is 0 Å². The molecule has 4 heterocycles. The lowest BCUT2D eigenvalue weighted by molar-refractivity contribution is 0.194. The van der Waals surface area contributed by atoms with Gasteiger partial charge in [0.1, 0.15) is 18.1 Å². The molecule has 9 heteroatoms. The van der Waals surface area contributed by atoms with Crippen LogP contribution in [0.5, 0.6) is 11.6 Å². The topological polar surface area (TPSA) is 92.7 Å². The Labute approximate surface area is 163 Å². The largest absolute Gasteiger partial charge is 0.485 e. The second kappa shape index (κ2) is 8.28. The third-order valence-electron chi connectivity index (χ3n) is 4.99. The summed E-state index contributed by atoms with van der Waals surface area (Å²) in [7, 11) is 1.50. The van der Waals surface area contributed by atoms with E-state index in [9.17, 15) is 4.79 Å². The molecule has 0 aromatic carbocycles. The Morgan fingerprint density at radius 3 is 2.93 bits per heavy atom. The molecular formula is C19H24N6O3. The highest BCUT2D eigenvalue weighted by Gasteiger charge is 2.29. The summed E-state index contributed by atoms with van der Waals surface area (Å²) in [5.74, 6) is 2.02. The molecule has 0 aliphatic carbocycles. The van der Waals surface area contributed by atoms with Crippen molar-refractivity contribution in [2.45, 2.75) is 25.4 Å². The smallest absolute Gasteiger partial charge is 0.322 e. The molecule has 9 nitrogen and oxygen atoms in total. The fraction of sp³-hybridized carbons (Fsp3) is 0.474. The fourth-order valence-electron chi connectivity index (χ4n) is 3.59. The summed E-state index contributed by atoms with van der Waals surface area (Å²) in [5, 5.41) is 2.80. The maximum absolute atomic E-state index is 12.6. The standard InChI is InChI=1S/C19H24N6O3/c1-27-18-15(11-20-13-22-18)23-19(26)25-10-6-14(12-25)28-16-5-4-7-21-17(16)24-8-2-3-9-24/h4-5,7,11,13-14H,2-3,6,8-10,12H2,1H3,(H,23,26). The Hall–Kier alpha value is -3.10. The number of amides is 2. The number of methoxy groups -OCH3 is 1. The minimum Gasteiger partial charge on any atom is -0.485 e. The van der Waals surface area contributed by atoms with E-state index in [0.717, 1.165) is 31.1 Å². The van der Waals surface area contributed by atoms with Crippen molar-refractivity contribution < 1.29 is 14.3 Å². The molecule has 1 atom stereocenters. The van der Waals surface area contributed by atoms with Crippen LogP contribution in [-0.2, 0) is 0 Å². The van der Waals surface area contributed by atoms with Gasteiger partial charge in [0.15, 0.2) is 11.6 Å². The van der Waals surface area contributed by atoms with Crippen LogP contribution in [0.3, 0.4) is 0 Å². The monoisotopic (exact) mass is 384 g/mol. The van der Waals surface area contributed by atoms with Crippen LogP contribution < -0.4 is 19.7 Å². The van der Waals surface area contributed by atoms with E-state index in [1.54, 1.807) is 11.1 Å². The van der Waals surface area contributed by atoms with Crippen LogP contribution in [0.4, 0.5) is 16.3 Å². The number of likely N-dealkylation sites (tertiary alicyclic amines) is 1. The predicted octanol–water partition coefficient (Wildman–Crippen LogP) is 2.17. The van der Waals surface area contributed by atoms with Gasteiger partial charge < -0.3 is 24.6 Å². The van der Waals surface area contributed by atoms with Crippen molar-refractivity contribution in [1.29, 1.82) is 0 Å². The molecule has 2 aromatic rings. The van der Waals surface area contributed by atoms with Crippen molar-refractivity contribution in [3.05, 3.63) is 30.9 Å². The van der Waals surface area contributed by atoms with Crippen LogP contribution >= 0.6 is 0 Å². The van der Waals surface area contributed by atoms with Gasteiger partial charge in [0.05, 0.1) is 19.9 Å². The van der Waals surface area contributed by atoms with Crippen LogP contribution in [0.1, 0.15) is 19.3 Å². The van der Waals surface area contributed by atoms with Crippen LogP contribution in [0.2, 0.25) is 0 Å². The van der Waals surface area contributed by atoms with Crippen LogP contribution in [0.15, 0.2) is 30.9 Å². The van der Waals surface area contributed by atoms with E-state index in [-0.39, 0.29) is 12.1 Å². The van der Waals surface area contributed by atoms with Gasteiger partial charge in [-0.2, -0.15) is 4.98 Å². The number of carbonyl (C=O) groups is 1. The predicted molar refractivity (Wildman–Crippen MR) is 104 cm³/mol. The lowest BCUT2D eigenvalue weighted by Crippen LogP contribution is -2.34. The molecule has 4 rings (SSSR count). The number of hydrogen-bond acceptors (Lipinski definition) is 7. The number of nitrogens with zero attached hydrogens (tertiary/aromatic N) is 5. The number of nitrogens with one attached hydrogen (secondary N) is 1. The number of hydrogen-bond donors (Lipinski definition) is 1. The third kappa shape index (κ3) is 3.92. The lowest BCUT2D eigenvalue weighted by atomic mass is 10.3. The Morgan fingerprint density at radius 1 is 1.25 bits per heavy atom. The lowest BCUT2D eigenvalue weighted by Gasteiger charge is -2.22. The zero-order chi connectivity index (χ0) is 19.3. The summed E-state index contributed by atoms with van der Waals surface area (Å²) in [6.07, 6.45) is 7.76. The van der Waals surface area contributed by atoms with Crippen LogP contribution in [-0.4, -0.2) is 65.3 Å². The second-order valence-corrected chi connectivity index (χ2v) is 6.87. The fourth-order valence-corrected chi connectivity index (χ4v) is 3.59. The van der Waals surface area contributed by atoms with Crippen LogP contribution in [0, 0.1) is 0 Å². The van der Waals surface area contributed by atoms with E-state index in [1.165, 1.54) is 32.5 Å². The summed E-state index contributed by atoms with van der Waals surface area (Å²) in [5.41, 5.74) is 0.447. The number of carbonyl (C=O) groups excluding carboxylic acids is 1. The van der Waals surface area contributed by atoms with Gasteiger partial charge in [-0.25, -0.2) is 14.8 Å². The van der Waals surface area contributed by atoms with E-state index in [2.05, 4.69) is 25.2 Å². The maximum atomic E-state index is 12.6. The molecule has 2 aromatic heterocycles. The summed E-state index contributed by atoms with van der Waals surface area (Å²) in [4.78, 5) is 29.0. The quantitative estimate of drug-likeness (QED) is 0.844. The number of anilines is 2. The van der Waals surface area contributed by atoms with Gasteiger partial charge in [-0.1, -0.05) is 0 Å². The molecule has 0 bridgehead atoms. The highest BCUT2D eigenvalue weighted by molar-refractivity contribution is 5.90. The van der Waals surface area contributed by atoms with E-state index < -0.39 is 0 Å². The van der Waals surface area contributed by atoms with Gasteiger partial charge >= 0.3 is 6.03 Å². The van der Waals surface area contributed by atoms with E-state index in [1.807, 2.05) is 12.1 Å². The van der Waals surface area contributed by atoms with Crippen molar-refractivity contribution in [2.75, 3.05) is 43.5 Å². The third-order valence-corrected chi connectivity index (χ3v) is 4.99. The molecule has 2 aliphatic heterocycles. The molecule has 1 N–H and O–H groups in total. The minimum absolute atomic E-state index is 0.0646. The van der Waals surface area contributed by atoms with Gasteiger partial charge in [-0.05, 0) is 25.0 Å². The second-order valence-electron chi connectivity index (χ2n) is 6.87. The molecule has 0 spiro atoms. The first kappa shape index (κ1) is 18.3. The first-order valence-electron chi connectivity index (χ1n) is 9.51. The number of ether oxygens (including phenoxy) is 2. The van der Waals surface area contributed by atoms with Crippen molar-refractivity contribution in [2.24, 2.45) is 0 Å². The maximum Gasteiger partial charge on any atom is 0.322 e. The highest BCUT2D eigenvalue weighted by Crippen LogP contribution is 2.30. The number of rotatable bonds is 5. The van der Waals surface area contributed by atoms with Crippen molar-refractivity contribution in [3.8, 4) is 11.6 Å². The van der Waals surface area contributed by atoms with E-state index in [4.69, 9.17) is 9.47 Å². The Balaban J connectivity index is 1.38. The SMILES string of the molecule is COc1ncncc1NC(=O)N1CCC(Oc2cccnc2N2CCCC2)C1.